The standard InChI is InChI=1S/C34H39ClFN3O5/c1-34(28-11-10-25(35)20-29(28)36)43-31-7-5-6-27(32(31)44-34)22-12-15-39(16-13-22)21-26(40)18-23-8-9-24(33(41)42-4)19-30(23)37-14-17-38(2)3/h5-11,19-20,22,37H,12-18,21H2,1-4H3. The fraction of sp³-hybridized carbons (Fsp3) is 0.412. The van der Waals surface area contributed by atoms with Gasteiger partial charge in [0.2, 0.25) is 0 Å². The third-order valence-electron chi connectivity index (χ3n) is 8.25. The van der Waals surface area contributed by atoms with Gasteiger partial charge in [-0.15, -0.1) is 0 Å². The number of nitrogens with zero attached hydrogens (tertiary/aromatic N) is 2. The van der Waals surface area contributed by atoms with E-state index in [1.165, 1.54) is 13.2 Å². The van der Waals surface area contributed by atoms with Gasteiger partial charge in [-0.05, 0) is 87.9 Å². The van der Waals surface area contributed by atoms with E-state index in [9.17, 15) is 14.0 Å². The van der Waals surface area contributed by atoms with Crippen LogP contribution in [0.25, 0.3) is 0 Å². The molecular weight excluding hydrogens is 585 g/mol. The van der Waals surface area contributed by atoms with E-state index in [1.807, 2.05) is 38.4 Å². The maximum atomic E-state index is 14.8. The number of fused-ring (bicyclic) bond motifs is 1. The van der Waals surface area contributed by atoms with E-state index in [0.717, 1.165) is 49.3 Å². The zero-order valence-electron chi connectivity index (χ0n) is 25.6. The van der Waals surface area contributed by atoms with E-state index in [4.69, 9.17) is 25.8 Å². The number of ether oxygens (including phenoxy) is 3. The molecule has 2 aliphatic rings. The van der Waals surface area contributed by atoms with Crippen LogP contribution in [-0.4, -0.2) is 75.5 Å². The molecule has 0 aliphatic carbocycles. The van der Waals surface area contributed by atoms with Crippen molar-refractivity contribution in [1.82, 2.24) is 9.80 Å². The van der Waals surface area contributed by atoms with Gasteiger partial charge in [0, 0.05) is 42.7 Å². The summed E-state index contributed by atoms with van der Waals surface area (Å²) in [5.41, 5.74) is 3.39. The summed E-state index contributed by atoms with van der Waals surface area (Å²) in [6.07, 6.45) is 1.97. The second kappa shape index (κ2) is 13.5. The Morgan fingerprint density at radius 3 is 2.59 bits per heavy atom. The summed E-state index contributed by atoms with van der Waals surface area (Å²) < 4.78 is 32.1. The van der Waals surface area contributed by atoms with E-state index < -0.39 is 17.6 Å². The molecule has 1 unspecified atom stereocenters. The number of nitrogens with one attached hydrogen (secondary N) is 1. The van der Waals surface area contributed by atoms with Crippen LogP contribution in [-0.2, 0) is 21.7 Å². The predicted octanol–water partition coefficient (Wildman–Crippen LogP) is 5.87. The molecule has 1 fully saturated rings. The summed E-state index contributed by atoms with van der Waals surface area (Å²) in [5, 5.41) is 3.69. The fourth-order valence-corrected chi connectivity index (χ4v) is 6.07. The van der Waals surface area contributed by atoms with Crippen LogP contribution in [0, 0.1) is 5.82 Å². The number of anilines is 1. The Labute approximate surface area is 263 Å². The summed E-state index contributed by atoms with van der Waals surface area (Å²) >= 11 is 5.96. The molecule has 0 amide bonds. The minimum atomic E-state index is -1.30. The van der Waals surface area contributed by atoms with E-state index >= 15 is 0 Å². The van der Waals surface area contributed by atoms with Crippen molar-refractivity contribution in [2.75, 3.05) is 59.2 Å². The van der Waals surface area contributed by atoms with Gasteiger partial charge in [-0.25, -0.2) is 9.18 Å². The van der Waals surface area contributed by atoms with E-state index in [1.54, 1.807) is 31.2 Å². The lowest BCUT2D eigenvalue weighted by molar-refractivity contribution is -0.119. The molecule has 3 aromatic rings. The van der Waals surface area contributed by atoms with Crippen molar-refractivity contribution in [3.05, 3.63) is 87.7 Å². The number of para-hydroxylation sites is 1. The van der Waals surface area contributed by atoms with Crippen LogP contribution in [0.2, 0.25) is 5.02 Å². The van der Waals surface area contributed by atoms with Crippen molar-refractivity contribution in [3.63, 3.8) is 0 Å². The quantitative estimate of drug-likeness (QED) is 0.266. The largest absolute Gasteiger partial charge is 0.465 e. The molecule has 234 valence electrons. The maximum absolute atomic E-state index is 14.8. The average molecular weight is 624 g/mol. The molecule has 1 saturated heterocycles. The lowest BCUT2D eigenvalue weighted by Crippen LogP contribution is -2.37. The molecule has 5 rings (SSSR count). The summed E-state index contributed by atoms with van der Waals surface area (Å²) in [6, 6.07) is 15.6. The van der Waals surface area contributed by atoms with Gasteiger partial charge in [0.1, 0.15) is 5.82 Å². The molecule has 1 atom stereocenters. The Hall–Kier alpha value is -3.66. The molecule has 2 heterocycles. The van der Waals surface area contributed by atoms with Gasteiger partial charge in [-0.1, -0.05) is 29.8 Å². The summed E-state index contributed by atoms with van der Waals surface area (Å²) in [4.78, 5) is 29.5. The van der Waals surface area contributed by atoms with E-state index in [0.29, 0.717) is 35.2 Å². The van der Waals surface area contributed by atoms with E-state index in [2.05, 4.69) is 15.1 Å². The summed E-state index contributed by atoms with van der Waals surface area (Å²) in [7, 11) is 5.34. The van der Waals surface area contributed by atoms with Crippen molar-refractivity contribution in [2.45, 2.75) is 37.9 Å². The number of Topliss-reactive ketones (excluding diaryl/α,β-unsaturated/α-hetero) is 1. The number of likely N-dealkylation sites (tertiary alicyclic amines) is 1. The number of likely N-dealkylation sites (N-methyl/N-ethyl adjacent to an activating group) is 1. The Bertz CT molecular complexity index is 1520. The highest BCUT2D eigenvalue weighted by molar-refractivity contribution is 6.30. The fourth-order valence-electron chi connectivity index (χ4n) is 5.91. The highest BCUT2D eigenvalue weighted by Crippen LogP contribution is 2.49. The first-order valence-electron chi connectivity index (χ1n) is 14.9. The number of methoxy groups -OCH3 is 1. The number of benzene rings is 3. The maximum Gasteiger partial charge on any atom is 0.337 e. The van der Waals surface area contributed by atoms with Crippen molar-refractivity contribution in [3.8, 4) is 11.5 Å². The van der Waals surface area contributed by atoms with Gasteiger partial charge in [0.05, 0.1) is 24.8 Å². The minimum absolute atomic E-state index is 0.114. The predicted molar refractivity (Wildman–Crippen MR) is 168 cm³/mol. The number of hydrogen-bond donors (Lipinski definition) is 1. The number of ketones is 1. The number of piperidine rings is 1. The van der Waals surface area contributed by atoms with Crippen molar-refractivity contribution in [2.24, 2.45) is 0 Å². The van der Waals surface area contributed by atoms with Crippen LogP contribution in [0.15, 0.2) is 54.6 Å². The van der Waals surface area contributed by atoms with Gasteiger partial charge in [-0.2, -0.15) is 0 Å². The number of carbonyl (C=O) groups is 2. The van der Waals surface area contributed by atoms with Gasteiger partial charge in [0.15, 0.2) is 17.3 Å². The number of carbonyl (C=O) groups excluding carboxylic acids is 2. The summed E-state index contributed by atoms with van der Waals surface area (Å²) in [5.74, 6) is -0.630. The van der Waals surface area contributed by atoms with Gasteiger partial charge < -0.3 is 24.4 Å². The zero-order valence-corrected chi connectivity index (χ0v) is 26.4. The first-order valence-corrected chi connectivity index (χ1v) is 15.2. The lowest BCUT2D eigenvalue weighted by atomic mass is 9.88. The topological polar surface area (TPSA) is 80.3 Å². The monoisotopic (exact) mass is 623 g/mol. The van der Waals surface area contributed by atoms with Gasteiger partial charge in [-0.3, -0.25) is 9.69 Å². The van der Waals surface area contributed by atoms with E-state index in [-0.39, 0.29) is 23.7 Å². The van der Waals surface area contributed by atoms with Crippen LogP contribution in [0.5, 0.6) is 11.5 Å². The van der Waals surface area contributed by atoms with Crippen LogP contribution < -0.4 is 14.8 Å². The third kappa shape index (κ3) is 7.17. The molecule has 2 aliphatic heterocycles. The average Bonchev–Trinajstić information content (AvgIpc) is 3.34. The smallest absolute Gasteiger partial charge is 0.337 e. The van der Waals surface area contributed by atoms with Crippen LogP contribution in [0.1, 0.15) is 52.7 Å². The zero-order chi connectivity index (χ0) is 31.4. The normalized spacial score (nSPS) is 18.4. The Morgan fingerprint density at radius 1 is 1.11 bits per heavy atom. The van der Waals surface area contributed by atoms with Crippen LogP contribution in [0.3, 0.4) is 0 Å². The molecule has 8 nitrogen and oxygen atoms in total. The van der Waals surface area contributed by atoms with Crippen molar-refractivity contribution < 1.29 is 28.2 Å². The Kier molecular flexibility index (Phi) is 9.78. The van der Waals surface area contributed by atoms with Crippen LogP contribution >= 0.6 is 11.6 Å². The molecule has 0 aromatic heterocycles. The molecular formula is C34H39ClFN3O5. The molecule has 44 heavy (non-hydrogen) atoms. The Balaban J connectivity index is 1.20. The van der Waals surface area contributed by atoms with Gasteiger partial charge in [0.25, 0.3) is 5.79 Å². The molecule has 1 N–H and O–H groups in total. The minimum Gasteiger partial charge on any atom is -0.465 e. The Morgan fingerprint density at radius 2 is 1.89 bits per heavy atom. The third-order valence-corrected chi connectivity index (χ3v) is 8.49. The number of hydrogen-bond acceptors (Lipinski definition) is 8. The highest BCUT2D eigenvalue weighted by Gasteiger charge is 2.43. The van der Waals surface area contributed by atoms with Crippen molar-refractivity contribution in [1.29, 1.82) is 0 Å². The number of rotatable bonds is 11. The molecule has 3 aromatic carbocycles. The molecule has 0 radical (unpaired) electrons. The van der Waals surface area contributed by atoms with Crippen LogP contribution in [0.4, 0.5) is 10.1 Å². The second-order valence-corrected chi connectivity index (χ2v) is 12.2. The first-order chi connectivity index (χ1) is 21.1. The first kappa shape index (κ1) is 31.8. The highest BCUT2D eigenvalue weighted by atomic mass is 35.5. The second-order valence-electron chi connectivity index (χ2n) is 11.8. The molecule has 0 bridgehead atoms. The number of esters is 1. The lowest BCUT2D eigenvalue weighted by Gasteiger charge is -2.32. The summed E-state index contributed by atoms with van der Waals surface area (Å²) in [6.45, 7) is 5.08. The van der Waals surface area contributed by atoms with Crippen molar-refractivity contribution >= 4 is 29.0 Å². The number of halogens is 2. The SMILES string of the molecule is COC(=O)c1ccc(CC(=O)CN2CCC(c3cccc4c3OC(C)(c3ccc(Cl)cc3F)O4)CC2)c(NCCN(C)C)c1. The van der Waals surface area contributed by atoms with Gasteiger partial charge >= 0.3 is 5.97 Å². The molecule has 10 heteroatoms. The molecule has 0 spiro atoms. The molecule has 0 saturated carbocycles.